The van der Waals surface area contributed by atoms with Crippen LogP contribution in [0.25, 0.3) is 11.5 Å². The van der Waals surface area contributed by atoms with E-state index in [1.807, 2.05) is 31.2 Å². The SMILES string of the molecule is Cc1cc(NCCCCCCCN)nc(-c2ccccn2)n1. The molecule has 5 nitrogen and oxygen atoms in total. The van der Waals surface area contributed by atoms with Gasteiger partial charge in [-0.05, 0) is 38.4 Å². The first-order valence-corrected chi connectivity index (χ1v) is 8.00. The second kappa shape index (κ2) is 9.10. The normalized spacial score (nSPS) is 10.6. The number of hydrogen-bond acceptors (Lipinski definition) is 5. The van der Waals surface area contributed by atoms with Crippen molar-refractivity contribution >= 4 is 5.82 Å². The molecule has 2 heterocycles. The number of anilines is 1. The molecule has 0 spiro atoms. The molecule has 2 aromatic heterocycles. The average molecular weight is 299 g/mol. The minimum atomic E-state index is 0.672. The molecule has 2 aromatic rings. The molecule has 0 saturated carbocycles. The maximum Gasteiger partial charge on any atom is 0.180 e. The smallest absolute Gasteiger partial charge is 0.180 e. The molecule has 5 heteroatoms. The highest BCUT2D eigenvalue weighted by Gasteiger charge is 2.05. The van der Waals surface area contributed by atoms with Crippen molar-refractivity contribution in [3.63, 3.8) is 0 Å². The number of nitrogens with zero attached hydrogens (tertiary/aromatic N) is 3. The fraction of sp³-hybridized carbons (Fsp3) is 0.471. The van der Waals surface area contributed by atoms with E-state index in [4.69, 9.17) is 5.73 Å². The molecule has 0 aliphatic carbocycles. The number of hydrogen-bond donors (Lipinski definition) is 2. The molecule has 0 fully saturated rings. The van der Waals surface area contributed by atoms with E-state index >= 15 is 0 Å². The van der Waals surface area contributed by atoms with Gasteiger partial charge >= 0.3 is 0 Å². The molecule has 0 aromatic carbocycles. The van der Waals surface area contributed by atoms with E-state index in [0.717, 1.165) is 43.1 Å². The van der Waals surface area contributed by atoms with Gasteiger partial charge in [-0.15, -0.1) is 0 Å². The van der Waals surface area contributed by atoms with Crippen LogP contribution >= 0.6 is 0 Å². The first kappa shape index (κ1) is 16.4. The van der Waals surface area contributed by atoms with E-state index in [-0.39, 0.29) is 0 Å². The van der Waals surface area contributed by atoms with Crippen molar-refractivity contribution < 1.29 is 0 Å². The Morgan fingerprint density at radius 3 is 2.64 bits per heavy atom. The second-order valence-electron chi connectivity index (χ2n) is 5.42. The fourth-order valence-corrected chi connectivity index (χ4v) is 2.28. The number of aryl methyl sites for hydroxylation is 1. The standard InChI is InChI=1S/C17H25N5/c1-14-13-16(20-12-7-4-2-3-6-10-18)22-17(21-14)15-9-5-8-11-19-15/h5,8-9,11,13H,2-4,6-7,10,12,18H2,1H3,(H,20,21,22). The van der Waals surface area contributed by atoms with E-state index in [1.54, 1.807) is 6.20 Å². The lowest BCUT2D eigenvalue weighted by molar-refractivity contribution is 0.629. The van der Waals surface area contributed by atoms with Crippen molar-refractivity contribution in [2.24, 2.45) is 5.73 Å². The number of pyridine rings is 1. The average Bonchev–Trinajstić information content (AvgIpc) is 2.54. The lowest BCUT2D eigenvalue weighted by atomic mass is 10.1. The molecule has 3 N–H and O–H groups in total. The zero-order valence-corrected chi connectivity index (χ0v) is 13.3. The van der Waals surface area contributed by atoms with Crippen LogP contribution in [0.3, 0.4) is 0 Å². The van der Waals surface area contributed by atoms with Gasteiger partial charge in [0.2, 0.25) is 0 Å². The summed E-state index contributed by atoms with van der Waals surface area (Å²) in [4.78, 5) is 13.3. The zero-order valence-electron chi connectivity index (χ0n) is 13.3. The van der Waals surface area contributed by atoms with Crippen molar-refractivity contribution in [2.45, 2.75) is 39.0 Å². The molecule has 22 heavy (non-hydrogen) atoms. The van der Waals surface area contributed by atoms with Crippen molar-refractivity contribution in [2.75, 3.05) is 18.4 Å². The van der Waals surface area contributed by atoms with Crippen molar-refractivity contribution in [3.8, 4) is 11.5 Å². The Bertz CT molecular complexity index is 556. The summed E-state index contributed by atoms with van der Waals surface area (Å²) in [6.07, 6.45) is 7.74. The quantitative estimate of drug-likeness (QED) is 0.695. The van der Waals surface area contributed by atoms with E-state index in [2.05, 4.69) is 20.3 Å². The van der Waals surface area contributed by atoms with Crippen LogP contribution in [0.2, 0.25) is 0 Å². The summed E-state index contributed by atoms with van der Waals surface area (Å²) in [5.41, 5.74) is 7.24. The Kier molecular flexibility index (Phi) is 6.77. The van der Waals surface area contributed by atoms with Crippen molar-refractivity contribution in [3.05, 3.63) is 36.2 Å². The molecule has 0 aliphatic heterocycles. The molecule has 0 atom stereocenters. The summed E-state index contributed by atoms with van der Waals surface area (Å²) in [5, 5.41) is 3.38. The highest BCUT2D eigenvalue weighted by Crippen LogP contribution is 2.15. The van der Waals surface area contributed by atoms with Crippen LogP contribution in [0.1, 0.15) is 37.8 Å². The van der Waals surface area contributed by atoms with Crippen LogP contribution in [0.5, 0.6) is 0 Å². The molecule has 0 radical (unpaired) electrons. The summed E-state index contributed by atoms with van der Waals surface area (Å²) in [7, 11) is 0. The molecule has 0 aliphatic rings. The molecular weight excluding hydrogens is 274 g/mol. The van der Waals surface area contributed by atoms with Gasteiger partial charge in [-0.3, -0.25) is 4.98 Å². The minimum Gasteiger partial charge on any atom is -0.370 e. The third-order valence-corrected chi connectivity index (χ3v) is 3.44. The summed E-state index contributed by atoms with van der Waals surface area (Å²) in [6.45, 7) is 3.71. The predicted molar refractivity (Wildman–Crippen MR) is 90.6 cm³/mol. The van der Waals surface area contributed by atoms with E-state index in [0.29, 0.717) is 5.82 Å². The fourth-order valence-electron chi connectivity index (χ4n) is 2.28. The molecule has 0 amide bonds. The van der Waals surface area contributed by atoms with Gasteiger partial charge in [0, 0.05) is 24.5 Å². The Morgan fingerprint density at radius 1 is 1.05 bits per heavy atom. The molecule has 118 valence electrons. The topological polar surface area (TPSA) is 76.7 Å². The summed E-state index contributed by atoms with van der Waals surface area (Å²) >= 11 is 0. The van der Waals surface area contributed by atoms with Gasteiger partial charge in [0.1, 0.15) is 11.5 Å². The predicted octanol–water partition coefficient (Wildman–Crippen LogP) is 3.17. The van der Waals surface area contributed by atoms with E-state index in [9.17, 15) is 0 Å². The van der Waals surface area contributed by atoms with Crippen LogP contribution in [0.4, 0.5) is 5.82 Å². The second-order valence-corrected chi connectivity index (χ2v) is 5.42. The van der Waals surface area contributed by atoms with Crippen LogP contribution in [-0.4, -0.2) is 28.0 Å². The molecular formula is C17H25N5. The largest absolute Gasteiger partial charge is 0.370 e. The monoisotopic (exact) mass is 299 g/mol. The van der Waals surface area contributed by atoms with Crippen molar-refractivity contribution in [1.82, 2.24) is 15.0 Å². The van der Waals surface area contributed by atoms with Crippen molar-refractivity contribution in [1.29, 1.82) is 0 Å². The summed E-state index contributed by atoms with van der Waals surface area (Å²) in [6, 6.07) is 7.74. The van der Waals surface area contributed by atoms with Gasteiger partial charge < -0.3 is 11.1 Å². The number of nitrogens with one attached hydrogen (secondary N) is 1. The number of aromatic nitrogens is 3. The first-order chi connectivity index (χ1) is 10.8. The Labute approximate surface area is 132 Å². The highest BCUT2D eigenvalue weighted by atomic mass is 15.0. The maximum atomic E-state index is 5.49. The van der Waals surface area contributed by atoms with Crippen LogP contribution in [0, 0.1) is 6.92 Å². The number of rotatable bonds is 9. The lowest BCUT2D eigenvalue weighted by Gasteiger charge is -2.08. The van der Waals surface area contributed by atoms with E-state index < -0.39 is 0 Å². The van der Waals surface area contributed by atoms with Crippen LogP contribution in [0.15, 0.2) is 30.5 Å². The highest BCUT2D eigenvalue weighted by molar-refractivity contribution is 5.52. The van der Waals surface area contributed by atoms with Crippen LogP contribution in [-0.2, 0) is 0 Å². The van der Waals surface area contributed by atoms with Gasteiger partial charge in [0.25, 0.3) is 0 Å². The molecule has 0 bridgehead atoms. The first-order valence-electron chi connectivity index (χ1n) is 8.00. The Morgan fingerprint density at radius 2 is 1.86 bits per heavy atom. The molecule has 0 saturated heterocycles. The van der Waals surface area contributed by atoms with Gasteiger partial charge in [0.05, 0.1) is 0 Å². The minimum absolute atomic E-state index is 0.672. The maximum absolute atomic E-state index is 5.49. The zero-order chi connectivity index (χ0) is 15.6. The third kappa shape index (κ3) is 5.41. The Hall–Kier alpha value is -2.01. The van der Waals surface area contributed by atoms with E-state index in [1.165, 1.54) is 19.3 Å². The van der Waals surface area contributed by atoms with Gasteiger partial charge in [0.15, 0.2) is 5.82 Å². The molecule has 0 unspecified atom stereocenters. The number of unbranched alkanes of at least 4 members (excludes halogenated alkanes) is 4. The Balaban J connectivity index is 1.85. The van der Waals surface area contributed by atoms with Crippen LogP contribution < -0.4 is 11.1 Å². The third-order valence-electron chi connectivity index (χ3n) is 3.44. The van der Waals surface area contributed by atoms with Gasteiger partial charge in [-0.2, -0.15) is 0 Å². The van der Waals surface area contributed by atoms with Gasteiger partial charge in [-0.1, -0.05) is 25.3 Å². The van der Waals surface area contributed by atoms with Gasteiger partial charge in [-0.25, -0.2) is 9.97 Å². The number of nitrogens with two attached hydrogens (primary N) is 1. The summed E-state index contributed by atoms with van der Waals surface area (Å²) in [5.74, 6) is 1.54. The summed E-state index contributed by atoms with van der Waals surface area (Å²) < 4.78 is 0. The molecule has 2 rings (SSSR count). The lowest BCUT2D eigenvalue weighted by Crippen LogP contribution is -2.06.